The van der Waals surface area contributed by atoms with E-state index in [-0.39, 0.29) is 5.91 Å². The second kappa shape index (κ2) is 7.41. The van der Waals surface area contributed by atoms with Gasteiger partial charge in [0, 0.05) is 47.3 Å². The molecule has 2 aromatic carbocycles. The molecular weight excluding hydrogens is 420 g/mol. The third kappa shape index (κ3) is 3.43. The smallest absolute Gasteiger partial charge is 0.253 e. The number of piperazine rings is 1. The van der Waals surface area contributed by atoms with E-state index in [1.165, 1.54) is 0 Å². The van der Waals surface area contributed by atoms with Crippen LogP contribution in [0, 0.1) is 0 Å². The molecule has 1 saturated heterocycles. The number of nitrogens with two attached hydrogens (primary N) is 1. The number of H-pyrrole nitrogens is 1. The fraction of sp³-hybridized carbons (Fsp3) is 0.238. The van der Waals surface area contributed by atoms with Crippen molar-refractivity contribution in [3.63, 3.8) is 0 Å². The van der Waals surface area contributed by atoms with Crippen LogP contribution < -0.4 is 5.73 Å². The molecular formula is C21H21BrN4O2. The Balaban J connectivity index is 1.62. The number of hydrogen-bond donors (Lipinski definition) is 2. The highest BCUT2D eigenvalue weighted by Gasteiger charge is 2.20. The Labute approximate surface area is 171 Å². The number of hydrogen-bond acceptors (Lipinski definition) is 3. The van der Waals surface area contributed by atoms with Gasteiger partial charge in [0.05, 0.1) is 11.1 Å². The van der Waals surface area contributed by atoms with Crippen molar-refractivity contribution < 1.29 is 9.59 Å². The van der Waals surface area contributed by atoms with Gasteiger partial charge in [0.2, 0.25) is 0 Å². The molecule has 4 rings (SSSR count). The number of aromatic nitrogens is 1. The Bertz CT molecular complexity index is 1050. The van der Waals surface area contributed by atoms with Crippen molar-refractivity contribution in [3.8, 4) is 11.3 Å². The van der Waals surface area contributed by atoms with Gasteiger partial charge in [0.25, 0.3) is 11.8 Å². The SMILES string of the molecule is CN1CCN(C(=O)c2ccc(-c3cc4c(Br)ccc(C(N)=O)c4[nH]3)cc2)CC1. The molecule has 1 aliphatic heterocycles. The van der Waals surface area contributed by atoms with Crippen molar-refractivity contribution in [2.24, 2.45) is 5.73 Å². The standard InChI is InChI=1S/C21H21BrN4O2/c1-25-8-10-26(11-9-25)21(28)14-4-2-13(3-5-14)18-12-16-17(22)7-6-15(20(23)27)19(16)24-18/h2-7,12,24H,8-11H2,1H3,(H2,23,27). The second-order valence-corrected chi connectivity index (χ2v) is 7.96. The first-order valence-electron chi connectivity index (χ1n) is 9.13. The molecule has 2 heterocycles. The number of fused-ring (bicyclic) bond motifs is 1. The monoisotopic (exact) mass is 440 g/mol. The number of nitrogens with zero attached hydrogens (tertiary/aromatic N) is 2. The minimum absolute atomic E-state index is 0.0649. The number of likely N-dealkylation sites (N-methyl/N-ethyl adjacent to an activating group) is 1. The molecule has 3 N–H and O–H groups in total. The molecule has 0 saturated carbocycles. The number of carbonyl (C=O) groups is 2. The van der Waals surface area contributed by atoms with Crippen LogP contribution in [0.5, 0.6) is 0 Å². The Morgan fingerprint density at radius 2 is 1.71 bits per heavy atom. The zero-order valence-corrected chi connectivity index (χ0v) is 17.1. The predicted octanol–water partition coefficient (Wildman–Crippen LogP) is 3.08. The normalized spacial score (nSPS) is 15.1. The van der Waals surface area contributed by atoms with Crippen LogP contribution in [-0.2, 0) is 0 Å². The maximum atomic E-state index is 12.7. The van der Waals surface area contributed by atoms with E-state index < -0.39 is 5.91 Å². The third-order valence-electron chi connectivity index (χ3n) is 5.24. The van der Waals surface area contributed by atoms with Gasteiger partial charge in [-0.25, -0.2) is 0 Å². The van der Waals surface area contributed by atoms with Crippen molar-refractivity contribution in [2.45, 2.75) is 0 Å². The van der Waals surface area contributed by atoms with Gasteiger partial charge >= 0.3 is 0 Å². The number of halogens is 1. The van der Waals surface area contributed by atoms with Crippen LogP contribution in [0.3, 0.4) is 0 Å². The second-order valence-electron chi connectivity index (χ2n) is 7.10. The van der Waals surface area contributed by atoms with E-state index in [4.69, 9.17) is 5.73 Å². The van der Waals surface area contributed by atoms with Crippen LogP contribution in [0.1, 0.15) is 20.7 Å². The quantitative estimate of drug-likeness (QED) is 0.656. The van der Waals surface area contributed by atoms with Crippen LogP contribution in [-0.4, -0.2) is 59.8 Å². The molecule has 7 heteroatoms. The summed E-state index contributed by atoms with van der Waals surface area (Å²) in [5.41, 5.74) is 9.13. The average molecular weight is 441 g/mol. The summed E-state index contributed by atoms with van der Waals surface area (Å²) in [6, 6.07) is 13.0. The van der Waals surface area contributed by atoms with Gasteiger partial charge in [-0.15, -0.1) is 0 Å². The Kier molecular flexibility index (Phi) is 4.95. The number of carbonyl (C=O) groups excluding carboxylic acids is 2. The van der Waals surface area contributed by atoms with Gasteiger partial charge < -0.3 is 20.5 Å². The van der Waals surface area contributed by atoms with Crippen molar-refractivity contribution in [1.29, 1.82) is 0 Å². The van der Waals surface area contributed by atoms with Gasteiger partial charge in [-0.3, -0.25) is 9.59 Å². The van der Waals surface area contributed by atoms with Gasteiger partial charge in [0.15, 0.2) is 0 Å². The number of rotatable bonds is 3. The van der Waals surface area contributed by atoms with Gasteiger partial charge in [0.1, 0.15) is 0 Å². The van der Waals surface area contributed by atoms with Crippen molar-refractivity contribution in [1.82, 2.24) is 14.8 Å². The first-order valence-corrected chi connectivity index (χ1v) is 9.92. The molecule has 0 spiro atoms. The molecule has 3 aromatic rings. The molecule has 28 heavy (non-hydrogen) atoms. The van der Waals surface area contributed by atoms with Crippen LogP contribution in [0.2, 0.25) is 0 Å². The Morgan fingerprint density at radius 3 is 2.36 bits per heavy atom. The summed E-state index contributed by atoms with van der Waals surface area (Å²) >= 11 is 3.52. The predicted molar refractivity (Wildman–Crippen MR) is 113 cm³/mol. The highest BCUT2D eigenvalue weighted by molar-refractivity contribution is 9.10. The van der Waals surface area contributed by atoms with Crippen LogP contribution in [0.25, 0.3) is 22.2 Å². The molecule has 2 amide bonds. The van der Waals surface area contributed by atoms with Gasteiger partial charge in [-0.05, 0) is 42.9 Å². The van der Waals surface area contributed by atoms with Crippen LogP contribution in [0.15, 0.2) is 46.9 Å². The number of benzene rings is 2. The molecule has 1 fully saturated rings. The molecule has 0 atom stereocenters. The number of aromatic amines is 1. The van der Waals surface area contributed by atoms with E-state index in [0.717, 1.165) is 47.3 Å². The van der Waals surface area contributed by atoms with E-state index >= 15 is 0 Å². The first kappa shape index (κ1) is 18.7. The largest absolute Gasteiger partial charge is 0.366 e. The number of nitrogens with one attached hydrogen (secondary N) is 1. The molecule has 0 aliphatic carbocycles. The summed E-state index contributed by atoms with van der Waals surface area (Å²) in [5.74, 6) is -0.408. The summed E-state index contributed by atoms with van der Waals surface area (Å²) in [4.78, 5) is 31.8. The third-order valence-corrected chi connectivity index (χ3v) is 5.93. The van der Waals surface area contributed by atoms with Crippen molar-refractivity contribution >= 4 is 38.6 Å². The lowest BCUT2D eigenvalue weighted by atomic mass is 10.1. The summed E-state index contributed by atoms with van der Waals surface area (Å²) in [5, 5.41) is 0.892. The van der Waals surface area contributed by atoms with Gasteiger partial charge in [-0.1, -0.05) is 28.1 Å². The van der Waals surface area contributed by atoms with Gasteiger partial charge in [-0.2, -0.15) is 0 Å². The molecule has 6 nitrogen and oxygen atoms in total. The van der Waals surface area contributed by atoms with Crippen molar-refractivity contribution in [3.05, 3.63) is 58.1 Å². The molecule has 1 aliphatic rings. The zero-order valence-electron chi connectivity index (χ0n) is 15.5. The molecule has 144 valence electrons. The van der Waals surface area contributed by atoms with Crippen LogP contribution >= 0.6 is 15.9 Å². The fourth-order valence-electron chi connectivity index (χ4n) is 3.53. The lowest BCUT2D eigenvalue weighted by molar-refractivity contribution is 0.0664. The molecule has 0 radical (unpaired) electrons. The Hall–Kier alpha value is -2.64. The summed E-state index contributed by atoms with van der Waals surface area (Å²) in [7, 11) is 2.07. The minimum atomic E-state index is -0.473. The van der Waals surface area contributed by atoms with E-state index in [1.807, 2.05) is 41.3 Å². The number of amides is 2. The minimum Gasteiger partial charge on any atom is -0.366 e. The highest BCUT2D eigenvalue weighted by Crippen LogP contribution is 2.31. The highest BCUT2D eigenvalue weighted by atomic mass is 79.9. The lowest BCUT2D eigenvalue weighted by Crippen LogP contribution is -2.47. The lowest BCUT2D eigenvalue weighted by Gasteiger charge is -2.32. The van der Waals surface area contributed by atoms with E-state index in [1.54, 1.807) is 6.07 Å². The zero-order chi connectivity index (χ0) is 19.8. The number of primary amides is 1. The summed E-state index contributed by atoms with van der Waals surface area (Å²) in [6.07, 6.45) is 0. The summed E-state index contributed by atoms with van der Waals surface area (Å²) < 4.78 is 0.886. The molecule has 0 unspecified atom stereocenters. The van der Waals surface area contributed by atoms with E-state index in [0.29, 0.717) is 16.6 Å². The van der Waals surface area contributed by atoms with E-state index in [9.17, 15) is 9.59 Å². The first-order chi connectivity index (χ1) is 13.4. The van der Waals surface area contributed by atoms with E-state index in [2.05, 4.69) is 32.9 Å². The fourth-order valence-corrected chi connectivity index (χ4v) is 3.98. The summed E-state index contributed by atoms with van der Waals surface area (Å²) in [6.45, 7) is 3.30. The maximum absolute atomic E-state index is 12.7. The topological polar surface area (TPSA) is 82.4 Å². The van der Waals surface area contributed by atoms with Crippen LogP contribution in [0.4, 0.5) is 0 Å². The molecule has 0 bridgehead atoms. The van der Waals surface area contributed by atoms with Crippen molar-refractivity contribution in [2.75, 3.05) is 33.2 Å². The Morgan fingerprint density at radius 1 is 1.04 bits per heavy atom. The average Bonchev–Trinajstić information content (AvgIpc) is 3.14. The molecule has 1 aromatic heterocycles. The maximum Gasteiger partial charge on any atom is 0.253 e.